The predicted molar refractivity (Wildman–Crippen MR) is 54.4 cm³/mol. The first-order valence-electron chi connectivity index (χ1n) is 5.29. The van der Waals surface area contributed by atoms with Gasteiger partial charge in [0.15, 0.2) is 0 Å². The molecule has 0 aromatic carbocycles. The molecule has 1 fully saturated rings. The number of hydrogen-bond donors (Lipinski definition) is 0. The zero-order valence-electron chi connectivity index (χ0n) is 9.41. The van der Waals surface area contributed by atoms with E-state index >= 15 is 0 Å². The molecule has 1 amide bonds. The second-order valence-corrected chi connectivity index (χ2v) is 4.06. The first-order chi connectivity index (χ1) is 7.65. The Labute approximate surface area is 93.4 Å². The molecule has 2 rings (SSSR count). The van der Waals surface area contributed by atoms with Crippen molar-refractivity contribution in [3.63, 3.8) is 0 Å². The molecule has 88 valence electrons. The topological polar surface area (TPSA) is 73.1 Å². The van der Waals surface area contributed by atoms with Gasteiger partial charge in [-0.3, -0.25) is 4.79 Å². The monoisotopic (exact) mass is 225 g/mol. The summed E-state index contributed by atoms with van der Waals surface area (Å²) in [4.78, 5) is 13.7. The zero-order chi connectivity index (χ0) is 11.5. The van der Waals surface area contributed by atoms with Crippen LogP contribution < -0.4 is 0 Å². The lowest BCUT2D eigenvalue weighted by Crippen LogP contribution is -2.49. The summed E-state index contributed by atoms with van der Waals surface area (Å²) in [6.07, 6.45) is 1.61. The minimum atomic E-state index is 0.0225. The van der Waals surface area contributed by atoms with Crippen LogP contribution >= 0.6 is 0 Å². The third-order valence-electron chi connectivity index (χ3n) is 2.46. The normalized spacial score (nSPS) is 25.8. The van der Waals surface area contributed by atoms with Gasteiger partial charge in [-0.2, -0.15) is 0 Å². The molecule has 16 heavy (non-hydrogen) atoms. The molecule has 0 bridgehead atoms. The van der Waals surface area contributed by atoms with Crippen molar-refractivity contribution in [1.82, 2.24) is 25.1 Å². The van der Waals surface area contributed by atoms with Crippen LogP contribution in [0.2, 0.25) is 0 Å². The van der Waals surface area contributed by atoms with Crippen molar-refractivity contribution in [3.8, 4) is 0 Å². The minimum absolute atomic E-state index is 0.0225. The molecule has 0 aliphatic carbocycles. The van der Waals surface area contributed by atoms with Crippen molar-refractivity contribution >= 4 is 5.91 Å². The number of carbonyl (C=O) groups is 1. The lowest BCUT2D eigenvalue weighted by atomic mass is 10.2. The van der Waals surface area contributed by atoms with Crippen molar-refractivity contribution in [2.24, 2.45) is 0 Å². The summed E-state index contributed by atoms with van der Waals surface area (Å²) < 4.78 is 6.98. The minimum Gasteiger partial charge on any atom is -0.372 e. The highest BCUT2D eigenvalue weighted by molar-refractivity contribution is 5.76. The summed E-state index contributed by atoms with van der Waals surface area (Å²) in [5.74, 6) is 0.0225. The van der Waals surface area contributed by atoms with Gasteiger partial charge in [-0.05, 0) is 24.3 Å². The number of amides is 1. The molecular weight excluding hydrogens is 210 g/mol. The molecule has 1 aliphatic rings. The van der Waals surface area contributed by atoms with E-state index in [9.17, 15) is 4.79 Å². The number of rotatable bonds is 2. The number of ether oxygens (including phenoxy) is 1. The van der Waals surface area contributed by atoms with Crippen molar-refractivity contribution < 1.29 is 9.53 Å². The van der Waals surface area contributed by atoms with Crippen LogP contribution in [0.5, 0.6) is 0 Å². The van der Waals surface area contributed by atoms with Crippen LogP contribution in [0, 0.1) is 0 Å². The standard InChI is InChI=1S/C9H15N5O2/c1-7-3-13(4-8(2)16-7)9(15)5-14-6-10-11-12-14/h6-8H,3-5H2,1-2H3/t7-,8+. The van der Waals surface area contributed by atoms with Crippen molar-refractivity contribution in [2.75, 3.05) is 13.1 Å². The Bertz CT molecular complexity index is 343. The van der Waals surface area contributed by atoms with Gasteiger partial charge in [0.05, 0.1) is 12.2 Å². The van der Waals surface area contributed by atoms with Gasteiger partial charge in [-0.25, -0.2) is 4.68 Å². The van der Waals surface area contributed by atoms with Crippen molar-refractivity contribution in [3.05, 3.63) is 6.33 Å². The van der Waals surface area contributed by atoms with E-state index in [0.29, 0.717) is 13.1 Å². The van der Waals surface area contributed by atoms with E-state index in [-0.39, 0.29) is 24.7 Å². The van der Waals surface area contributed by atoms with Crippen molar-refractivity contribution in [2.45, 2.75) is 32.6 Å². The second-order valence-electron chi connectivity index (χ2n) is 4.06. The van der Waals surface area contributed by atoms with E-state index in [1.54, 1.807) is 4.90 Å². The molecule has 7 nitrogen and oxygen atoms in total. The molecule has 2 heterocycles. The van der Waals surface area contributed by atoms with Crippen molar-refractivity contribution in [1.29, 1.82) is 0 Å². The number of hydrogen-bond acceptors (Lipinski definition) is 5. The number of morpholine rings is 1. The number of aromatic nitrogens is 4. The fourth-order valence-electron chi connectivity index (χ4n) is 1.87. The Balaban J connectivity index is 1.94. The fraction of sp³-hybridized carbons (Fsp3) is 0.778. The van der Waals surface area contributed by atoms with Gasteiger partial charge in [0.2, 0.25) is 5.91 Å². The number of tetrazole rings is 1. The molecule has 1 saturated heterocycles. The molecule has 2 atom stereocenters. The van der Waals surface area contributed by atoms with E-state index in [1.165, 1.54) is 11.0 Å². The highest BCUT2D eigenvalue weighted by Crippen LogP contribution is 2.10. The van der Waals surface area contributed by atoms with E-state index in [4.69, 9.17) is 4.74 Å². The zero-order valence-corrected chi connectivity index (χ0v) is 9.41. The Kier molecular flexibility index (Phi) is 3.14. The van der Waals surface area contributed by atoms with E-state index in [2.05, 4.69) is 15.5 Å². The third kappa shape index (κ3) is 2.54. The highest BCUT2D eigenvalue weighted by atomic mass is 16.5. The predicted octanol–water partition coefficient (Wildman–Crippen LogP) is -0.691. The lowest BCUT2D eigenvalue weighted by molar-refractivity contribution is -0.144. The van der Waals surface area contributed by atoms with Gasteiger partial charge in [-0.15, -0.1) is 5.10 Å². The molecule has 0 radical (unpaired) electrons. The van der Waals surface area contributed by atoms with Gasteiger partial charge in [0, 0.05) is 13.1 Å². The average molecular weight is 225 g/mol. The maximum Gasteiger partial charge on any atom is 0.244 e. The Morgan fingerprint density at radius 2 is 2.12 bits per heavy atom. The van der Waals surface area contributed by atoms with E-state index in [1.807, 2.05) is 13.8 Å². The highest BCUT2D eigenvalue weighted by Gasteiger charge is 2.25. The molecule has 1 aromatic heterocycles. The summed E-state index contributed by atoms with van der Waals surface area (Å²) >= 11 is 0. The molecule has 0 spiro atoms. The third-order valence-corrected chi connectivity index (χ3v) is 2.46. The summed E-state index contributed by atoms with van der Waals surface area (Å²) in [6.45, 7) is 5.38. The van der Waals surface area contributed by atoms with Crippen LogP contribution in [0.4, 0.5) is 0 Å². The molecule has 0 saturated carbocycles. The molecule has 0 unspecified atom stereocenters. The SMILES string of the molecule is C[C@@H]1CN(C(=O)Cn2cnnn2)C[C@H](C)O1. The largest absolute Gasteiger partial charge is 0.372 e. The summed E-state index contributed by atoms with van der Waals surface area (Å²) in [5.41, 5.74) is 0. The van der Waals surface area contributed by atoms with Gasteiger partial charge < -0.3 is 9.64 Å². The van der Waals surface area contributed by atoms with Crippen LogP contribution in [0.3, 0.4) is 0 Å². The van der Waals surface area contributed by atoms with Crippen LogP contribution in [0.15, 0.2) is 6.33 Å². The van der Waals surface area contributed by atoms with E-state index < -0.39 is 0 Å². The van der Waals surface area contributed by atoms with Gasteiger partial charge in [0.1, 0.15) is 12.9 Å². The Morgan fingerprint density at radius 1 is 1.44 bits per heavy atom. The molecule has 1 aliphatic heterocycles. The van der Waals surface area contributed by atoms with Gasteiger partial charge >= 0.3 is 0 Å². The van der Waals surface area contributed by atoms with Crippen LogP contribution in [0.1, 0.15) is 13.8 Å². The first kappa shape index (κ1) is 11.0. The molecule has 0 N–H and O–H groups in total. The lowest BCUT2D eigenvalue weighted by Gasteiger charge is -2.35. The molecule has 1 aromatic rings. The number of carbonyl (C=O) groups excluding carboxylic acids is 1. The van der Waals surface area contributed by atoms with Crippen LogP contribution in [0.25, 0.3) is 0 Å². The number of nitrogens with zero attached hydrogens (tertiary/aromatic N) is 5. The second kappa shape index (κ2) is 4.56. The quantitative estimate of drug-likeness (QED) is 0.666. The average Bonchev–Trinajstić information content (AvgIpc) is 2.68. The summed E-state index contributed by atoms with van der Waals surface area (Å²) in [7, 11) is 0. The Morgan fingerprint density at radius 3 is 2.69 bits per heavy atom. The van der Waals surface area contributed by atoms with Crippen LogP contribution in [-0.4, -0.2) is 56.3 Å². The van der Waals surface area contributed by atoms with Crippen LogP contribution in [-0.2, 0) is 16.1 Å². The fourth-order valence-corrected chi connectivity index (χ4v) is 1.87. The van der Waals surface area contributed by atoms with Gasteiger partial charge in [-0.1, -0.05) is 0 Å². The first-order valence-corrected chi connectivity index (χ1v) is 5.29. The smallest absolute Gasteiger partial charge is 0.244 e. The molecular formula is C9H15N5O2. The van der Waals surface area contributed by atoms with E-state index in [0.717, 1.165) is 0 Å². The van der Waals surface area contributed by atoms with Gasteiger partial charge in [0.25, 0.3) is 0 Å². The maximum atomic E-state index is 11.9. The maximum absolute atomic E-state index is 11.9. The Hall–Kier alpha value is -1.50. The summed E-state index contributed by atoms with van der Waals surface area (Å²) in [6, 6.07) is 0. The molecule has 7 heteroatoms. The summed E-state index contributed by atoms with van der Waals surface area (Å²) in [5, 5.41) is 10.6.